The summed E-state index contributed by atoms with van der Waals surface area (Å²) >= 11 is 0.784. The molecule has 0 saturated carbocycles. The van der Waals surface area contributed by atoms with E-state index >= 15 is 0 Å². The van der Waals surface area contributed by atoms with Crippen LogP contribution in [0.5, 0.6) is 5.75 Å². The molecule has 0 aromatic heterocycles. The highest BCUT2D eigenvalue weighted by Crippen LogP contribution is 2.35. The maximum Gasteiger partial charge on any atom is 0.311 e. The number of benzene rings is 3. The third kappa shape index (κ3) is 3.70. The molecule has 0 bridgehead atoms. The molecule has 1 heterocycles. The molecule has 1 saturated heterocycles. The Kier molecular flexibility index (Phi) is 4.77. The van der Waals surface area contributed by atoms with Crippen molar-refractivity contribution in [2.45, 2.75) is 6.54 Å². The zero-order valence-electron chi connectivity index (χ0n) is 14.9. The van der Waals surface area contributed by atoms with Crippen molar-refractivity contribution in [3.63, 3.8) is 0 Å². The summed E-state index contributed by atoms with van der Waals surface area (Å²) in [6.07, 6.45) is 1.41. The van der Waals surface area contributed by atoms with Gasteiger partial charge in [-0.1, -0.05) is 42.5 Å². The van der Waals surface area contributed by atoms with E-state index in [1.165, 1.54) is 18.2 Å². The summed E-state index contributed by atoms with van der Waals surface area (Å²) < 4.78 is 0. The second-order valence-corrected chi connectivity index (χ2v) is 7.45. The number of aromatic hydroxyl groups is 1. The number of amides is 2. The Morgan fingerprint density at radius 2 is 1.79 bits per heavy atom. The van der Waals surface area contributed by atoms with Crippen LogP contribution in [0.3, 0.4) is 0 Å². The maximum atomic E-state index is 12.7. The number of thioether (sulfide) groups is 1. The van der Waals surface area contributed by atoms with Gasteiger partial charge in [-0.25, -0.2) is 0 Å². The van der Waals surface area contributed by atoms with E-state index in [1.54, 1.807) is 0 Å². The number of phenolic OH excluding ortho intramolecular Hbond substituents is 1. The van der Waals surface area contributed by atoms with Crippen LogP contribution in [0.1, 0.15) is 11.1 Å². The Hall–Kier alpha value is -3.65. The number of nitro benzene ring substituents is 1. The number of rotatable bonds is 4. The minimum absolute atomic E-state index is 0.141. The first-order valence-corrected chi connectivity index (χ1v) is 9.44. The van der Waals surface area contributed by atoms with Gasteiger partial charge in [-0.2, -0.15) is 0 Å². The maximum absolute atomic E-state index is 12.7. The van der Waals surface area contributed by atoms with Crippen molar-refractivity contribution < 1.29 is 19.6 Å². The SMILES string of the molecule is O=C1SC(=Cc2ccc(O)c([N+](=O)[O-])c2)C(=O)N1Cc1ccc2ccccc2c1. The molecule has 7 nitrogen and oxygen atoms in total. The van der Waals surface area contributed by atoms with Gasteiger partial charge in [0.15, 0.2) is 5.75 Å². The Balaban J connectivity index is 1.59. The molecule has 0 unspecified atom stereocenters. The number of nitrogens with zero attached hydrogens (tertiary/aromatic N) is 2. The largest absolute Gasteiger partial charge is 0.502 e. The Morgan fingerprint density at radius 3 is 2.55 bits per heavy atom. The van der Waals surface area contributed by atoms with Gasteiger partial charge in [0.25, 0.3) is 11.1 Å². The molecule has 3 aromatic carbocycles. The highest BCUT2D eigenvalue weighted by molar-refractivity contribution is 8.18. The predicted octanol–water partition coefficient (Wildman–Crippen LogP) is 4.69. The lowest BCUT2D eigenvalue weighted by atomic mass is 10.1. The summed E-state index contributed by atoms with van der Waals surface area (Å²) in [5, 5.41) is 22.2. The van der Waals surface area contributed by atoms with Gasteiger partial charge in [-0.05, 0) is 51.9 Å². The minimum Gasteiger partial charge on any atom is -0.502 e. The molecular formula is C21H14N2O5S. The number of nitro groups is 1. The topological polar surface area (TPSA) is 101 Å². The van der Waals surface area contributed by atoms with E-state index in [2.05, 4.69) is 0 Å². The number of fused-ring (bicyclic) bond motifs is 1. The van der Waals surface area contributed by atoms with E-state index < -0.39 is 27.5 Å². The molecule has 0 aliphatic carbocycles. The van der Waals surface area contributed by atoms with Crippen LogP contribution in [0.25, 0.3) is 16.8 Å². The molecule has 3 aromatic rings. The fraction of sp³-hybridized carbons (Fsp3) is 0.0476. The van der Waals surface area contributed by atoms with Crippen LogP contribution in [0, 0.1) is 10.1 Å². The smallest absolute Gasteiger partial charge is 0.311 e. The normalized spacial score (nSPS) is 15.4. The summed E-state index contributed by atoms with van der Waals surface area (Å²) in [5.74, 6) is -0.916. The van der Waals surface area contributed by atoms with Crippen molar-refractivity contribution in [1.29, 1.82) is 0 Å². The van der Waals surface area contributed by atoms with Crippen molar-refractivity contribution in [2.75, 3.05) is 0 Å². The van der Waals surface area contributed by atoms with E-state index in [9.17, 15) is 24.8 Å². The van der Waals surface area contributed by atoms with Gasteiger partial charge in [0, 0.05) is 6.07 Å². The lowest BCUT2D eigenvalue weighted by Crippen LogP contribution is -2.27. The van der Waals surface area contributed by atoms with Crippen LogP contribution in [0.4, 0.5) is 10.5 Å². The summed E-state index contributed by atoms with van der Waals surface area (Å²) in [4.78, 5) is 36.6. The fourth-order valence-corrected chi connectivity index (χ4v) is 3.92. The van der Waals surface area contributed by atoms with E-state index in [4.69, 9.17) is 0 Å². The lowest BCUT2D eigenvalue weighted by molar-refractivity contribution is -0.385. The van der Waals surface area contributed by atoms with Crippen molar-refractivity contribution in [2.24, 2.45) is 0 Å². The Bertz CT molecular complexity index is 1200. The average Bonchev–Trinajstić information content (AvgIpc) is 2.96. The number of phenols is 1. The third-order valence-electron chi connectivity index (χ3n) is 4.52. The van der Waals surface area contributed by atoms with Gasteiger partial charge in [-0.3, -0.25) is 24.6 Å². The zero-order chi connectivity index (χ0) is 20.5. The number of imide groups is 1. The van der Waals surface area contributed by atoms with Crippen molar-refractivity contribution in [3.05, 3.63) is 86.8 Å². The van der Waals surface area contributed by atoms with Gasteiger partial charge in [-0.15, -0.1) is 0 Å². The first kappa shape index (κ1) is 18.7. The average molecular weight is 406 g/mol. The lowest BCUT2D eigenvalue weighted by Gasteiger charge is -2.13. The van der Waals surface area contributed by atoms with Crippen LogP contribution >= 0.6 is 11.8 Å². The summed E-state index contributed by atoms with van der Waals surface area (Å²) in [6.45, 7) is 0.141. The standard InChI is InChI=1S/C21H14N2O5S/c24-18-8-6-13(10-17(18)23(27)28)11-19-20(25)22(21(26)29-19)12-14-5-7-15-3-1-2-4-16(15)9-14/h1-11,24H,12H2. The van der Waals surface area contributed by atoms with Gasteiger partial charge in [0.1, 0.15) is 0 Å². The molecule has 1 aliphatic rings. The summed E-state index contributed by atoms with van der Waals surface area (Å²) in [7, 11) is 0. The van der Waals surface area contributed by atoms with Gasteiger partial charge >= 0.3 is 5.69 Å². The van der Waals surface area contributed by atoms with Gasteiger partial charge in [0.05, 0.1) is 16.4 Å². The first-order valence-electron chi connectivity index (χ1n) is 8.63. The predicted molar refractivity (Wildman–Crippen MR) is 110 cm³/mol. The zero-order valence-corrected chi connectivity index (χ0v) is 15.8. The number of carbonyl (C=O) groups excluding carboxylic acids is 2. The van der Waals surface area contributed by atoms with Crippen LogP contribution in [-0.2, 0) is 11.3 Å². The highest BCUT2D eigenvalue weighted by atomic mass is 32.2. The molecule has 2 amide bonds. The van der Waals surface area contributed by atoms with E-state index in [1.807, 2.05) is 42.5 Å². The fourth-order valence-electron chi connectivity index (χ4n) is 3.08. The molecule has 0 radical (unpaired) electrons. The molecule has 0 spiro atoms. The number of hydrogen-bond donors (Lipinski definition) is 1. The molecule has 0 atom stereocenters. The minimum atomic E-state index is -0.710. The molecule has 29 heavy (non-hydrogen) atoms. The monoisotopic (exact) mass is 406 g/mol. The van der Waals surface area contributed by atoms with Crippen molar-refractivity contribution in [1.82, 2.24) is 4.90 Å². The summed E-state index contributed by atoms with van der Waals surface area (Å²) in [5.41, 5.74) is 0.715. The van der Waals surface area contributed by atoms with Crippen LogP contribution in [0.15, 0.2) is 65.6 Å². The molecule has 1 aliphatic heterocycles. The Labute approximate surface area is 169 Å². The molecule has 1 fully saturated rings. The third-order valence-corrected chi connectivity index (χ3v) is 5.43. The van der Waals surface area contributed by atoms with E-state index in [0.717, 1.165) is 39.1 Å². The molecular weight excluding hydrogens is 392 g/mol. The quantitative estimate of drug-likeness (QED) is 0.383. The van der Waals surface area contributed by atoms with Gasteiger partial charge < -0.3 is 5.11 Å². The molecule has 8 heteroatoms. The van der Waals surface area contributed by atoms with Gasteiger partial charge in [0.2, 0.25) is 0 Å². The summed E-state index contributed by atoms with van der Waals surface area (Å²) in [6, 6.07) is 17.3. The van der Waals surface area contributed by atoms with Crippen LogP contribution in [-0.4, -0.2) is 26.1 Å². The van der Waals surface area contributed by atoms with E-state index in [0.29, 0.717) is 5.56 Å². The second-order valence-electron chi connectivity index (χ2n) is 6.45. The number of carbonyl (C=O) groups is 2. The molecule has 1 N–H and O–H groups in total. The van der Waals surface area contributed by atoms with E-state index in [-0.39, 0.29) is 11.4 Å². The Morgan fingerprint density at radius 1 is 1.03 bits per heavy atom. The second kappa shape index (κ2) is 7.40. The molecule has 4 rings (SSSR count). The number of hydrogen-bond acceptors (Lipinski definition) is 6. The first-order chi connectivity index (χ1) is 13.9. The van der Waals surface area contributed by atoms with Crippen LogP contribution < -0.4 is 0 Å². The molecule has 144 valence electrons. The van der Waals surface area contributed by atoms with Crippen molar-refractivity contribution >= 4 is 45.4 Å². The van der Waals surface area contributed by atoms with Crippen LogP contribution in [0.2, 0.25) is 0 Å². The van der Waals surface area contributed by atoms with Crippen molar-refractivity contribution in [3.8, 4) is 5.75 Å². The highest BCUT2D eigenvalue weighted by Gasteiger charge is 2.35.